The highest BCUT2D eigenvalue weighted by atomic mass is 16.5. The first-order valence-corrected chi connectivity index (χ1v) is 6.34. The Bertz CT molecular complexity index is 608. The number of rotatable bonds is 5. The van der Waals surface area contributed by atoms with Crippen LogP contribution in [-0.4, -0.2) is 53.6 Å². The van der Waals surface area contributed by atoms with E-state index in [9.17, 15) is 19.2 Å². The molecule has 0 aliphatic carbocycles. The van der Waals surface area contributed by atoms with Crippen LogP contribution in [0, 0.1) is 0 Å². The number of carbonyl (C=O) groups excluding carboxylic acids is 4. The van der Waals surface area contributed by atoms with Gasteiger partial charge in [-0.3, -0.25) is 19.3 Å². The molecule has 0 unspecified atom stereocenters. The van der Waals surface area contributed by atoms with Crippen LogP contribution < -0.4 is 4.74 Å². The normalized spacial score (nSPS) is 14.9. The van der Waals surface area contributed by atoms with Gasteiger partial charge in [0.05, 0.1) is 13.7 Å². The second kappa shape index (κ2) is 5.74. The molecule has 0 spiro atoms. The van der Waals surface area contributed by atoms with E-state index in [0.717, 1.165) is 4.90 Å². The molecule has 4 amide bonds. The van der Waals surface area contributed by atoms with E-state index < -0.39 is 30.2 Å². The maximum atomic E-state index is 12.1. The molecule has 0 aromatic heterocycles. The topological polar surface area (TPSA) is 84.0 Å². The lowest BCUT2D eigenvalue weighted by atomic mass is 10.1. The van der Waals surface area contributed by atoms with Crippen molar-refractivity contribution in [3.63, 3.8) is 0 Å². The summed E-state index contributed by atoms with van der Waals surface area (Å²) in [5.41, 5.74) is 0.332. The zero-order chi connectivity index (χ0) is 15.6. The van der Waals surface area contributed by atoms with Gasteiger partial charge in [0.25, 0.3) is 0 Å². The molecule has 7 nitrogen and oxygen atoms in total. The number of amides is 4. The Morgan fingerprint density at radius 1 is 1.05 bits per heavy atom. The fraction of sp³-hybridized carbons (Fsp3) is 0.286. The standard InChI is InChI=1S/C14H14N2O5/c1-3-15-12(18)13(19)16(14(15)20)8-11(17)9-4-6-10(21-2)7-5-9/h4-7H,3,8H2,1-2H3. The first-order chi connectivity index (χ1) is 9.99. The van der Waals surface area contributed by atoms with Crippen molar-refractivity contribution in [2.45, 2.75) is 6.92 Å². The number of benzene rings is 1. The van der Waals surface area contributed by atoms with Crippen molar-refractivity contribution in [1.29, 1.82) is 0 Å². The van der Waals surface area contributed by atoms with Crippen LogP contribution in [0.2, 0.25) is 0 Å². The van der Waals surface area contributed by atoms with E-state index in [4.69, 9.17) is 4.74 Å². The first kappa shape index (κ1) is 14.7. The molecule has 0 bridgehead atoms. The summed E-state index contributed by atoms with van der Waals surface area (Å²) in [6.45, 7) is 1.22. The van der Waals surface area contributed by atoms with E-state index in [-0.39, 0.29) is 6.54 Å². The number of hydrogen-bond acceptors (Lipinski definition) is 5. The molecule has 0 saturated carbocycles. The van der Waals surface area contributed by atoms with Gasteiger partial charge in [0.15, 0.2) is 5.78 Å². The van der Waals surface area contributed by atoms with Gasteiger partial charge in [0, 0.05) is 12.1 Å². The van der Waals surface area contributed by atoms with Crippen LogP contribution in [-0.2, 0) is 9.59 Å². The zero-order valence-corrected chi connectivity index (χ0v) is 11.7. The Hall–Kier alpha value is -2.70. The third kappa shape index (κ3) is 2.62. The smallest absolute Gasteiger partial charge is 0.334 e. The molecule has 2 rings (SSSR count). The number of ketones is 1. The number of urea groups is 1. The maximum absolute atomic E-state index is 12.1. The van der Waals surface area contributed by atoms with E-state index in [1.807, 2.05) is 0 Å². The average molecular weight is 290 g/mol. The fourth-order valence-corrected chi connectivity index (χ4v) is 1.98. The molecule has 1 heterocycles. The summed E-state index contributed by atoms with van der Waals surface area (Å²) in [4.78, 5) is 48.7. The predicted molar refractivity (Wildman–Crippen MR) is 71.8 cm³/mol. The van der Waals surface area contributed by atoms with Crippen molar-refractivity contribution in [1.82, 2.24) is 9.80 Å². The van der Waals surface area contributed by atoms with Gasteiger partial charge in [0.2, 0.25) is 0 Å². The van der Waals surface area contributed by atoms with Crippen molar-refractivity contribution < 1.29 is 23.9 Å². The Labute approximate surface area is 121 Å². The summed E-state index contributed by atoms with van der Waals surface area (Å²) in [6, 6.07) is 5.51. The second-order valence-corrected chi connectivity index (χ2v) is 4.37. The van der Waals surface area contributed by atoms with Crippen LogP contribution in [0.1, 0.15) is 17.3 Å². The van der Waals surface area contributed by atoms with Gasteiger partial charge < -0.3 is 4.74 Å². The maximum Gasteiger partial charge on any atom is 0.334 e. The fourth-order valence-electron chi connectivity index (χ4n) is 1.98. The number of nitrogens with zero attached hydrogens (tertiary/aromatic N) is 2. The van der Waals surface area contributed by atoms with Crippen molar-refractivity contribution in [3.05, 3.63) is 29.8 Å². The summed E-state index contributed by atoms with van der Waals surface area (Å²) in [5.74, 6) is -1.70. The Balaban J connectivity index is 2.13. The van der Waals surface area contributed by atoms with E-state index in [1.54, 1.807) is 19.1 Å². The van der Waals surface area contributed by atoms with E-state index in [2.05, 4.69) is 0 Å². The van der Waals surface area contributed by atoms with Gasteiger partial charge in [-0.05, 0) is 31.2 Å². The van der Waals surface area contributed by atoms with Crippen LogP contribution in [0.15, 0.2) is 24.3 Å². The molecule has 0 N–H and O–H groups in total. The van der Waals surface area contributed by atoms with Crippen molar-refractivity contribution >= 4 is 23.6 Å². The number of methoxy groups -OCH3 is 1. The molecule has 1 aromatic carbocycles. The molecular weight excluding hydrogens is 276 g/mol. The largest absolute Gasteiger partial charge is 0.497 e. The second-order valence-electron chi connectivity index (χ2n) is 4.37. The van der Waals surface area contributed by atoms with Crippen LogP contribution in [0.4, 0.5) is 4.79 Å². The summed E-state index contributed by atoms with van der Waals surface area (Å²) < 4.78 is 4.98. The van der Waals surface area contributed by atoms with Crippen LogP contribution in [0.3, 0.4) is 0 Å². The quantitative estimate of drug-likeness (QED) is 0.452. The van der Waals surface area contributed by atoms with Gasteiger partial charge in [-0.1, -0.05) is 0 Å². The molecule has 1 aliphatic rings. The van der Waals surface area contributed by atoms with E-state index >= 15 is 0 Å². The highest BCUT2D eigenvalue weighted by molar-refractivity contribution is 6.45. The molecule has 1 saturated heterocycles. The highest BCUT2D eigenvalue weighted by Crippen LogP contribution is 2.15. The minimum atomic E-state index is -0.969. The molecule has 0 radical (unpaired) electrons. The highest BCUT2D eigenvalue weighted by Gasteiger charge is 2.44. The molecule has 7 heteroatoms. The lowest BCUT2D eigenvalue weighted by molar-refractivity contribution is -0.143. The van der Waals surface area contributed by atoms with Crippen molar-refractivity contribution in [2.75, 3.05) is 20.2 Å². The number of ether oxygens (including phenoxy) is 1. The van der Waals surface area contributed by atoms with Crippen LogP contribution in [0.25, 0.3) is 0 Å². The third-order valence-corrected chi connectivity index (χ3v) is 3.17. The minimum Gasteiger partial charge on any atom is -0.497 e. The summed E-state index contributed by atoms with van der Waals surface area (Å²) in [7, 11) is 1.50. The number of likely N-dealkylation sites (N-methyl/N-ethyl adjacent to an activating group) is 1. The van der Waals surface area contributed by atoms with Crippen molar-refractivity contribution in [3.8, 4) is 5.75 Å². The molecule has 1 fully saturated rings. The molecular formula is C14H14N2O5. The minimum absolute atomic E-state index is 0.0939. The van der Waals surface area contributed by atoms with Crippen molar-refractivity contribution in [2.24, 2.45) is 0 Å². The molecule has 1 aromatic rings. The molecule has 110 valence electrons. The lowest BCUT2D eigenvalue weighted by Crippen LogP contribution is -2.36. The molecule has 1 aliphatic heterocycles. The van der Waals surface area contributed by atoms with Gasteiger partial charge in [-0.2, -0.15) is 0 Å². The van der Waals surface area contributed by atoms with Gasteiger partial charge in [-0.15, -0.1) is 0 Å². The summed E-state index contributed by atoms with van der Waals surface area (Å²) >= 11 is 0. The molecule has 0 atom stereocenters. The number of Topliss-reactive ketones (excluding diaryl/α,β-unsaturated/α-hetero) is 1. The Kier molecular flexibility index (Phi) is 4.02. The monoisotopic (exact) mass is 290 g/mol. The number of hydrogen-bond donors (Lipinski definition) is 0. The lowest BCUT2D eigenvalue weighted by Gasteiger charge is -2.13. The van der Waals surface area contributed by atoms with Gasteiger partial charge >= 0.3 is 17.8 Å². The number of carbonyl (C=O) groups is 4. The SMILES string of the molecule is CCN1C(=O)C(=O)N(CC(=O)c2ccc(OC)cc2)C1=O. The molecule has 21 heavy (non-hydrogen) atoms. The third-order valence-electron chi connectivity index (χ3n) is 3.17. The predicted octanol–water partition coefficient (Wildman–Crippen LogP) is 0.689. The van der Waals surface area contributed by atoms with E-state index in [1.165, 1.54) is 19.2 Å². The number of imide groups is 2. The summed E-state index contributed by atoms with van der Waals surface area (Å²) in [6.07, 6.45) is 0. The summed E-state index contributed by atoms with van der Waals surface area (Å²) in [5, 5.41) is 0. The Morgan fingerprint density at radius 3 is 2.10 bits per heavy atom. The Morgan fingerprint density at radius 2 is 1.62 bits per heavy atom. The first-order valence-electron chi connectivity index (χ1n) is 6.34. The van der Waals surface area contributed by atoms with E-state index in [0.29, 0.717) is 16.2 Å². The van der Waals surface area contributed by atoms with Crippen LogP contribution >= 0.6 is 0 Å². The zero-order valence-electron chi connectivity index (χ0n) is 11.7. The average Bonchev–Trinajstić information content (AvgIpc) is 2.70. The van der Waals surface area contributed by atoms with Crippen LogP contribution in [0.5, 0.6) is 5.75 Å². The van der Waals surface area contributed by atoms with Gasteiger partial charge in [-0.25, -0.2) is 9.69 Å². The van der Waals surface area contributed by atoms with Gasteiger partial charge in [0.1, 0.15) is 5.75 Å².